The summed E-state index contributed by atoms with van der Waals surface area (Å²) in [6.45, 7) is 5.98. The van der Waals surface area contributed by atoms with E-state index in [-0.39, 0.29) is 11.7 Å². The van der Waals surface area contributed by atoms with E-state index in [1.165, 1.54) is 0 Å². The van der Waals surface area contributed by atoms with Gasteiger partial charge in [0, 0.05) is 0 Å². The predicted molar refractivity (Wildman–Crippen MR) is 119 cm³/mol. The molecule has 7 nitrogen and oxygen atoms in total. The first-order valence-electron chi connectivity index (χ1n) is 9.90. The maximum atomic E-state index is 12.1. The molecule has 2 aromatic carbocycles. The number of carbonyl (C=O) groups excluding carboxylic acids is 1. The monoisotopic (exact) mass is 448 g/mol. The summed E-state index contributed by atoms with van der Waals surface area (Å²) in [6, 6.07) is 13.7. The fourth-order valence-electron chi connectivity index (χ4n) is 2.54. The minimum Gasteiger partial charge on any atom is -0.490 e. The molecule has 0 amide bonds. The molecular weight excluding hydrogens is 420 g/mol. The van der Waals surface area contributed by atoms with Crippen molar-refractivity contribution < 1.29 is 31.6 Å². The fourth-order valence-corrected chi connectivity index (χ4v) is 3.00. The van der Waals surface area contributed by atoms with E-state index in [4.69, 9.17) is 18.4 Å². The van der Waals surface area contributed by atoms with Crippen LogP contribution in [-0.2, 0) is 19.6 Å². The Bertz CT molecular complexity index is 980. The van der Waals surface area contributed by atoms with E-state index in [1.807, 2.05) is 19.1 Å². The molecule has 0 aliphatic carbocycles. The van der Waals surface area contributed by atoms with Crippen LogP contribution in [0.5, 0.6) is 17.2 Å². The Hall–Kier alpha value is -3.00. The van der Waals surface area contributed by atoms with Gasteiger partial charge in [-0.05, 0) is 68.3 Å². The topological polar surface area (TPSA) is 88.1 Å². The van der Waals surface area contributed by atoms with E-state index in [1.54, 1.807) is 62.4 Å². The molecule has 0 aliphatic heterocycles. The first kappa shape index (κ1) is 24.3. The largest absolute Gasteiger partial charge is 0.490 e. The van der Waals surface area contributed by atoms with Crippen LogP contribution >= 0.6 is 0 Å². The highest BCUT2D eigenvalue weighted by atomic mass is 32.2. The van der Waals surface area contributed by atoms with Crippen molar-refractivity contribution in [2.75, 3.05) is 19.5 Å². The first-order valence-corrected chi connectivity index (χ1v) is 11.7. The number of esters is 1. The Morgan fingerprint density at radius 2 is 1.55 bits per heavy atom. The van der Waals surface area contributed by atoms with E-state index in [0.717, 1.165) is 11.8 Å². The molecule has 8 heteroatoms. The van der Waals surface area contributed by atoms with E-state index < -0.39 is 15.7 Å². The van der Waals surface area contributed by atoms with Gasteiger partial charge in [-0.2, -0.15) is 8.42 Å². The Morgan fingerprint density at radius 3 is 2.10 bits per heavy atom. The number of benzene rings is 2. The third kappa shape index (κ3) is 7.97. The molecule has 0 saturated heterocycles. The van der Waals surface area contributed by atoms with Gasteiger partial charge in [-0.3, -0.25) is 0 Å². The summed E-state index contributed by atoms with van der Waals surface area (Å²) in [4.78, 5) is 12.1. The summed E-state index contributed by atoms with van der Waals surface area (Å²) in [5.41, 5.74) is -0.158. The van der Waals surface area contributed by atoms with Crippen molar-refractivity contribution >= 4 is 22.2 Å². The first-order chi connectivity index (χ1) is 14.6. The SMILES string of the molecule is CCOC(=O)C(C)(CC)Oc1ccc(OC/C=C\c2ccc(OS(C)(=O)=O)cc2)cc1. The molecule has 0 aromatic heterocycles. The van der Waals surface area contributed by atoms with Crippen LogP contribution in [0, 0.1) is 0 Å². The Kier molecular flexibility index (Phi) is 8.50. The van der Waals surface area contributed by atoms with Gasteiger partial charge < -0.3 is 18.4 Å². The second-order valence-corrected chi connectivity index (χ2v) is 8.52. The van der Waals surface area contributed by atoms with E-state index in [2.05, 4.69) is 0 Å². The third-order valence-electron chi connectivity index (χ3n) is 4.33. The van der Waals surface area contributed by atoms with Crippen LogP contribution in [0.4, 0.5) is 0 Å². The molecule has 168 valence electrons. The zero-order chi connectivity index (χ0) is 22.9. The van der Waals surface area contributed by atoms with Gasteiger partial charge in [0.25, 0.3) is 0 Å². The summed E-state index contributed by atoms with van der Waals surface area (Å²) in [5, 5.41) is 0. The summed E-state index contributed by atoms with van der Waals surface area (Å²) >= 11 is 0. The molecule has 0 radical (unpaired) electrons. The van der Waals surface area contributed by atoms with Crippen LogP contribution in [0.2, 0.25) is 0 Å². The maximum Gasteiger partial charge on any atom is 0.350 e. The van der Waals surface area contributed by atoms with Gasteiger partial charge in [0.05, 0.1) is 12.9 Å². The zero-order valence-electron chi connectivity index (χ0n) is 18.2. The smallest absolute Gasteiger partial charge is 0.350 e. The van der Waals surface area contributed by atoms with Crippen LogP contribution in [0.25, 0.3) is 6.08 Å². The molecule has 31 heavy (non-hydrogen) atoms. The summed E-state index contributed by atoms with van der Waals surface area (Å²) in [5.74, 6) is 1.08. The van der Waals surface area contributed by atoms with Crippen molar-refractivity contribution in [3.8, 4) is 17.2 Å². The molecule has 1 unspecified atom stereocenters. The van der Waals surface area contributed by atoms with Gasteiger partial charge in [-0.1, -0.05) is 25.1 Å². The van der Waals surface area contributed by atoms with Crippen molar-refractivity contribution in [3.63, 3.8) is 0 Å². The number of rotatable bonds is 11. The molecule has 0 fully saturated rings. The fraction of sp³-hybridized carbons (Fsp3) is 0.348. The van der Waals surface area contributed by atoms with Gasteiger partial charge >= 0.3 is 16.1 Å². The number of carbonyl (C=O) groups is 1. The van der Waals surface area contributed by atoms with Crippen LogP contribution in [0.15, 0.2) is 54.6 Å². The van der Waals surface area contributed by atoms with Crippen LogP contribution < -0.4 is 13.7 Å². The van der Waals surface area contributed by atoms with E-state index in [0.29, 0.717) is 31.1 Å². The minimum atomic E-state index is -3.53. The molecule has 0 heterocycles. The number of hydrogen-bond acceptors (Lipinski definition) is 7. The van der Waals surface area contributed by atoms with Gasteiger partial charge in [-0.15, -0.1) is 0 Å². The molecule has 0 bridgehead atoms. The highest BCUT2D eigenvalue weighted by Gasteiger charge is 2.35. The van der Waals surface area contributed by atoms with Crippen molar-refractivity contribution in [2.24, 2.45) is 0 Å². The summed E-state index contributed by atoms with van der Waals surface area (Å²) in [7, 11) is -3.53. The Balaban J connectivity index is 1.87. The van der Waals surface area contributed by atoms with Crippen LogP contribution in [0.3, 0.4) is 0 Å². The lowest BCUT2D eigenvalue weighted by Gasteiger charge is -2.27. The van der Waals surface area contributed by atoms with Crippen molar-refractivity contribution in [2.45, 2.75) is 32.8 Å². The van der Waals surface area contributed by atoms with Crippen molar-refractivity contribution in [1.82, 2.24) is 0 Å². The van der Waals surface area contributed by atoms with E-state index >= 15 is 0 Å². The maximum absolute atomic E-state index is 12.1. The zero-order valence-corrected chi connectivity index (χ0v) is 19.0. The molecular formula is C23H28O7S. The normalized spacial score (nSPS) is 13.4. The molecule has 0 spiro atoms. The minimum absolute atomic E-state index is 0.264. The highest BCUT2D eigenvalue weighted by molar-refractivity contribution is 7.86. The summed E-state index contributed by atoms with van der Waals surface area (Å²) < 4.78 is 43.6. The van der Waals surface area contributed by atoms with Crippen LogP contribution in [-0.4, -0.2) is 39.5 Å². The van der Waals surface area contributed by atoms with Crippen molar-refractivity contribution in [3.05, 3.63) is 60.2 Å². The van der Waals surface area contributed by atoms with E-state index in [9.17, 15) is 13.2 Å². The molecule has 2 rings (SSSR count). The van der Waals surface area contributed by atoms with Gasteiger partial charge in [0.2, 0.25) is 5.60 Å². The lowest BCUT2D eigenvalue weighted by Crippen LogP contribution is -2.42. The Morgan fingerprint density at radius 1 is 0.968 bits per heavy atom. The van der Waals surface area contributed by atoms with Crippen LogP contribution in [0.1, 0.15) is 32.8 Å². The second kappa shape index (κ2) is 10.9. The Labute approximate surface area is 183 Å². The molecule has 0 N–H and O–H groups in total. The number of ether oxygens (including phenoxy) is 3. The average molecular weight is 449 g/mol. The number of hydrogen-bond donors (Lipinski definition) is 0. The molecule has 0 saturated carbocycles. The third-order valence-corrected chi connectivity index (χ3v) is 4.83. The lowest BCUT2D eigenvalue weighted by atomic mass is 10.0. The quantitative estimate of drug-likeness (QED) is 0.375. The lowest BCUT2D eigenvalue weighted by molar-refractivity contribution is -0.160. The highest BCUT2D eigenvalue weighted by Crippen LogP contribution is 2.25. The predicted octanol–water partition coefficient (Wildman–Crippen LogP) is 4.23. The molecule has 1 atom stereocenters. The second-order valence-electron chi connectivity index (χ2n) is 6.95. The van der Waals surface area contributed by atoms with Gasteiger partial charge in [0.15, 0.2) is 0 Å². The average Bonchev–Trinajstić information content (AvgIpc) is 2.72. The standard InChI is InChI=1S/C23H28O7S/c1-5-23(3,22(24)27-6-2)29-20-15-13-19(14-16-20)28-17-7-8-18-9-11-21(12-10-18)30-31(4,25)26/h7-16H,5-6,17H2,1-4H3/b8-7-. The van der Waals surface area contributed by atoms with Crippen molar-refractivity contribution in [1.29, 1.82) is 0 Å². The van der Waals surface area contributed by atoms with Gasteiger partial charge in [-0.25, -0.2) is 4.79 Å². The summed E-state index contributed by atoms with van der Waals surface area (Å²) in [6.07, 6.45) is 5.18. The van der Waals surface area contributed by atoms with Gasteiger partial charge in [0.1, 0.15) is 23.9 Å². The molecule has 0 aliphatic rings. The molecule has 2 aromatic rings.